The number of methoxy groups -OCH3 is 1. The van der Waals surface area contributed by atoms with Crippen molar-refractivity contribution in [2.75, 3.05) is 7.11 Å². The molecule has 0 saturated carbocycles. The molecule has 0 radical (unpaired) electrons. The average molecular weight is 374 g/mol. The smallest absolute Gasteiger partial charge is 0.314 e. The number of para-hydroxylation sites is 1. The fourth-order valence-electron chi connectivity index (χ4n) is 3.15. The number of nitrogens with one attached hydrogen (secondary N) is 1. The highest BCUT2D eigenvalue weighted by atomic mass is 16.5. The first-order valence-corrected chi connectivity index (χ1v) is 8.68. The zero-order chi connectivity index (χ0) is 19.1. The van der Waals surface area contributed by atoms with Crippen molar-refractivity contribution in [2.24, 2.45) is 0 Å². The molecule has 9 nitrogen and oxygen atoms in total. The van der Waals surface area contributed by atoms with Crippen LogP contribution in [-0.2, 0) is 6.54 Å². The fraction of sp³-hybridized carbons (Fsp3) is 0.105. The van der Waals surface area contributed by atoms with Crippen molar-refractivity contribution in [1.29, 1.82) is 0 Å². The third-order valence-corrected chi connectivity index (χ3v) is 4.55. The second-order valence-corrected chi connectivity index (χ2v) is 6.32. The summed E-state index contributed by atoms with van der Waals surface area (Å²) in [5, 5.41) is 15.8. The second-order valence-electron chi connectivity index (χ2n) is 6.32. The molecule has 138 valence electrons. The number of rotatable bonds is 4. The molecule has 0 atom stereocenters. The molecule has 0 bridgehead atoms. The molecule has 0 amide bonds. The fourth-order valence-corrected chi connectivity index (χ4v) is 3.15. The van der Waals surface area contributed by atoms with Gasteiger partial charge in [0.1, 0.15) is 5.75 Å². The minimum atomic E-state index is -0.279. The van der Waals surface area contributed by atoms with Gasteiger partial charge in [0.25, 0.3) is 6.33 Å². The summed E-state index contributed by atoms with van der Waals surface area (Å²) in [5.41, 5.74) is 2.94. The molecule has 0 unspecified atom stereocenters. The van der Waals surface area contributed by atoms with Gasteiger partial charge in [-0.15, -0.1) is 5.10 Å². The molecule has 2 aromatic carbocycles. The number of fused-ring (bicyclic) bond motifs is 3. The van der Waals surface area contributed by atoms with Gasteiger partial charge in [-0.2, -0.15) is 5.10 Å². The molecule has 3 aromatic heterocycles. The molecular formula is C19H16N7O2+. The molecule has 0 aliphatic rings. The number of hydrogen-bond acceptors (Lipinski definition) is 5. The van der Waals surface area contributed by atoms with Gasteiger partial charge in [0.2, 0.25) is 0 Å². The highest BCUT2D eigenvalue weighted by Crippen LogP contribution is 2.15. The van der Waals surface area contributed by atoms with E-state index in [1.807, 2.05) is 54.6 Å². The van der Waals surface area contributed by atoms with E-state index in [0.29, 0.717) is 23.2 Å². The van der Waals surface area contributed by atoms with E-state index in [4.69, 9.17) is 4.74 Å². The minimum Gasteiger partial charge on any atom is -0.497 e. The Morgan fingerprint density at radius 1 is 1.11 bits per heavy atom. The van der Waals surface area contributed by atoms with Crippen LogP contribution in [0.15, 0.2) is 65.7 Å². The topological polar surface area (TPSA) is 94.0 Å². The van der Waals surface area contributed by atoms with Gasteiger partial charge in [-0.3, -0.25) is 4.79 Å². The number of benzene rings is 2. The quantitative estimate of drug-likeness (QED) is 0.476. The molecular weight excluding hydrogens is 358 g/mol. The SMILES string of the molecule is COc1ccc(Cn2nnc3c2c(=O)[nH]n2c[n+](-c4ccccc4)nc32)cc1. The van der Waals surface area contributed by atoms with Crippen LogP contribution in [0.2, 0.25) is 0 Å². The molecule has 5 rings (SSSR count). The lowest BCUT2D eigenvalue weighted by atomic mass is 10.2. The van der Waals surface area contributed by atoms with Crippen LogP contribution in [0.3, 0.4) is 0 Å². The van der Waals surface area contributed by atoms with E-state index in [2.05, 4.69) is 20.5 Å². The first-order valence-electron chi connectivity index (χ1n) is 8.68. The van der Waals surface area contributed by atoms with E-state index < -0.39 is 0 Å². The zero-order valence-corrected chi connectivity index (χ0v) is 15.0. The van der Waals surface area contributed by atoms with Crippen LogP contribution < -0.4 is 15.0 Å². The van der Waals surface area contributed by atoms with Crippen LogP contribution in [0.4, 0.5) is 0 Å². The van der Waals surface area contributed by atoms with Gasteiger partial charge in [0.15, 0.2) is 16.7 Å². The van der Waals surface area contributed by atoms with Crippen LogP contribution in [0.1, 0.15) is 5.56 Å². The molecule has 0 fully saturated rings. The lowest BCUT2D eigenvalue weighted by molar-refractivity contribution is -0.655. The Kier molecular flexibility index (Phi) is 3.64. The first kappa shape index (κ1) is 16.2. The molecule has 3 heterocycles. The van der Waals surface area contributed by atoms with Crippen LogP contribution >= 0.6 is 0 Å². The van der Waals surface area contributed by atoms with Gasteiger partial charge < -0.3 is 4.74 Å². The van der Waals surface area contributed by atoms with Crippen molar-refractivity contribution in [1.82, 2.24) is 29.7 Å². The third-order valence-electron chi connectivity index (χ3n) is 4.55. The lowest BCUT2D eigenvalue weighted by Crippen LogP contribution is -2.31. The Balaban J connectivity index is 1.61. The van der Waals surface area contributed by atoms with Gasteiger partial charge in [-0.25, -0.2) is 4.68 Å². The summed E-state index contributed by atoms with van der Waals surface area (Å²) in [5.74, 6) is 0.773. The zero-order valence-electron chi connectivity index (χ0n) is 15.0. The second kappa shape index (κ2) is 6.31. The molecule has 5 aromatic rings. The van der Waals surface area contributed by atoms with Crippen molar-refractivity contribution < 1.29 is 9.42 Å². The summed E-state index contributed by atoms with van der Waals surface area (Å²) in [4.78, 5) is 12.7. The van der Waals surface area contributed by atoms with E-state index in [1.165, 1.54) is 0 Å². The average Bonchev–Trinajstić information content (AvgIpc) is 3.34. The van der Waals surface area contributed by atoms with Crippen molar-refractivity contribution >= 4 is 16.7 Å². The van der Waals surface area contributed by atoms with Gasteiger partial charge >= 0.3 is 11.2 Å². The van der Waals surface area contributed by atoms with E-state index in [1.54, 1.807) is 27.3 Å². The predicted octanol–water partition coefficient (Wildman–Crippen LogP) is 1.10. The third kappa shape index (κ3) is 2.60. The van der Waals surface area contributed by atoms with Crippen molar-refractivity contribution in [3.8, 4) is 11.4 Å². The number of aromatic nitrogens is 7. The summed E-state index contributed by atoms with van der Waals surface area (Å²) in [6.45, 7) is 0.416. The summed E-state index contributed by atoms with van der Waals surface area (Å²) >= 11 is 0. The number of nitrogens with zero attached hydrogens (tertiary/aromatic N) is 6. The van der Waals surface area contributed by atoms with Gasteiger partial charge in [-0.05, 0) is 34.9 Å². The molecule has 0 saturated heterocycles. The highest BCUT2D eigenvalue weighted by Gasteiger charge is 2.21. The molecule has 9 heteroatoms. The number of ether oxygens (including phenoxy) is 1. The standard InChI is InChI=1S/C19H15N7O2/c1-28-15-9-7-13(8-10-15)11-24-17-16(20-23-24)18-21-25(12-26(18)22-19(17)27)14-5-3-2-4-6-14/h2-10,12H,11H2,1H3/p+1. The van der Waals surface area contributed by atoms with Crippen LogP contribution in [-0.4, -0.2) is 36.8 Å². The van der Waals surface area contributed by atoms with Crippen molar-refractivity contribution in [3.63, 3.8) is 0 Å². The Morgan fingerprint density at radius 3 is 2.64 bits per heavy atom. The van der Waals surface area contributed by atoms with E-state index in [-0.39, 0.29) is 5.56 Å². The van der Waals surface area contributed by atoms with Crippen molar-refractivity contribution in [2.45, 2.75) is 6.54 Å². The predicted molar refractivity (Wildman–Crippen MR) is 101 cm³/mol. The summed E-state index contributed by atoms with van der Waals surface area (Å²) < 4.78 is 10.0. The molecule has 1 N–H and O–H groups in total. The highest BCUT2D eigenvalue weighted by molar-refractivity contribution is 5.85. The maximum Gasteiger partial charge on any atom is 0.314 e. The number of aromatic amines is 1. The molecule has 0 aliphatic carbocycles. The maximum absolute atomic E-state index is 12.7. The Hall–Kier alpha value is -4.01. The molecule has 28 heavy (non-hydrogen) atoms. The first-order chi connectivity index (χ1) is 13.7. The Labute approximate surface area is 158 Å². The summed E-state index contributed by atoms with van der Waals surface area (Å²) in [6.07, 6.45) is 1.70. The van der Waals surface area contributed by atoms with Gasteiger partial charge in [0, 0.05) is 0 Å². The molecule has 0 spiro atoms. The number of hydrogen-bond donors (Lipinski definition) is 1. The van der Waals surface area contributed by atoms with Crippen LogP contribution in [0.5, 0.6) is 5.75 Å². The maximum atomic E-state index is 12.7. The summed E-state index contributed by atoms with van der Waals surface area (Å²) in [7, 11) is 1.62. The number of H-pyrrole nitrogens is 1. The molecule has 0 aliphatic heterocycles. The Bertz CT molecular complexity index is 1330. The van der Waals surface area contributed by atoms with E-state index >= 15 is 0 Å². The van der Waals surface area contributed by atoms with Crippen LogP contribution in [0.25, 0.3) is 22.4 Å². The minimum absolute atomic E-state index is 0.279. The van der Waals surface area contributed by atoms with E-state index in [0.717, 1.165) is 17.0 Å². The Morgan fingerprint density at radius 2 is 1.89 bits per heavy atom. The van der Waals surface area contributed by atoms with E-state index in [9.17, 15) is 4.79 Å². The van der Waals surface area contributed by atoms with Gasteiger partial charge in [0.05, 0.1) is 13.7 Å². The van der Waals surface area contributed by atoms with Crippen LogP contribution in [0, 0.1) is 0 Å². The summed E-state index contributed by atoms with van der Waals surface area (Å²) in [6, 6.07) is 17.2. The normalized spacial score (nSPS) is 11.3. The van der Waals surface area contributed by atoms with Gasteiger partial charge in [-0.1, -0.05) is 44.7 Å². The lowest BCUT2D eigenvalue weighted by Gasteiger charge is -2.03. The van der Waals surface area contributed by atoms with Crippen molar-refractivity contribution in [3.05, 3.63) is 76.8 Å². The largest absolute Gasteiger partial charge is 0.497 e. The monoisotopic (exact) mass is 374 g/mol.